The van der Waals surface area contributed by atoms with Crippen molar-refractivity contribution in [2.24, 2.45) is 0 Å². The summed E-state index contributed by atoms with van der Waals surface area (Å²) in [5.74, 6) is 0.0354. The van der Waals surface area contributed by atoms with Gasteiger partial charge >= 0.3 is 7.48 Å². The van der Waals surface area contributed by atoms with Gasteiger partial charge in [-0.25, -0.2) is 8.42 Å². The van der Waals surface area contributed by atoms with E-state index in [9.17, 15) is 13.5 Å². The van der Waals surface area contributed by atoms with Crippen LogP contribution in [0.2, 0.25) is 0 Å². The molecule has 0 spiro atoms. The second kappa shape index (κ2) is 6.96. The summed E-state index contributed by atoms with van der Waals surface area (Å²) in [6, 6.07) is 2.13. The molecule has 0 aromatic carbocycles. The van der Waals surface area contributed by atoms with E-state index in [0.29, 0.717) is 5.46 Å². The Balaban J connectivity index is 2.11. The highest BCUT2D eigenvalue weighted by atomic mass is 32.2. The minimum Gasteiger partial charge on any atom is -0.427 e. The largest absolute Gasteiger partial charge is 0.427 e. The summed E-state index contributed by atoms with van der Waals surface area (Å²) in [6.45, 7) is 8.96. The van der Waals surface area contributed by atoms with E-state index in [0.717, 1.165) is 0 Å². The molecular weight excluding hydrogens is 355 g/mol. The second-order valence-corrected chi connectivity index (χ2v) is 10.0. The van der Waals surface area contributed by atoms with Crippen LogP contribution < -0.4 is 5.46 Å². The van der Waals surface area contributed by atoms with Gasteiger partial charge in [0.05, 0.1) is 29.4 Å². The normalized spacial score (nSPS) is 18.2. The monoisotopic (exact) mass is 381 g/mol. The van der Waals surface area contributed by atoms with Gasteiger partial charge in [0, 0.05) is 25.5 Å². The molecule has 1 N–H and O–H groups in total. The number of sulfonamides is 1. The van der Waals surface area contributed by atoms with Gasteiger partial charge in [-0.3, -0.25) is 4.68 Å². The number of hydrogen-bond donors (Lipinski definition) is 1. The third-order valence-corrected chi connectivity index (χ3v) is 6.93. The van der Waals surface area contributed by atoms with Gasteiger partial charge in [0.2, 0.25) is 10.0 Å². The molecule has 0 aliphatic carbocycles. The molecule has 1 radical (unpaired) electrons. The van der Waals surface area contributed by atoms with Crippen molar-refractivity contribution < 1.29 is 18.2 Å². The number of nitrogens with zero attached hydrogens (tertiary/aromatic N) is 4. The SMILES string of the molecule is CCS(=O)(=O)N1CC(CC#N)(n2cc([B]OC(C)(C)C(C)(C)O)cn2)C1. The molecule has 0 unspecified atom stereocenters. The number of nitriles is 1. The summed E-state index contributed by atoms with van der Waals surface area (Å²) in [5, 5.41) is 23.6. The number of rotatable bonds is 8. The van der Waals surface area contributed by atoms with Crippen LogP contribution in [-0.2, 0) is 20.2 Å². The average Bonchev–Trinajstić information content (AvgIpc) is 2.96. The minimum absolute atomic E-state index is 0.0354. The van der Waals surface area contributed by atoms with E-state index in [4.69, 9.17) is 9.92 Å². The molecule has 0 amide bonds. The Kier molecular flexibility index (Phi) is 5.60. The zero-order valence-corrected chi connectivity index (χ0v) is 16.7. The Morgan fingerprint density at radius 2 is 2.04 bits per heavy atom. The van der Waals surface area contributed by atoms with Gasteiger partial charge < -0.3 is 9.76 Å². The van der Waals surface area contributed by atoms with E-state index in [2.05, 4.69) is 11.2 Å². The number of hydrogen-bond acceptors (Lipinski definition) is 6. The van der Waals surface area contributed by atoms with Gasteiger partial charge in [0.15, 0.2) is 0 Å². The van der Waals surface area contributed by atoms with Crippen molar-refractivity contribution in [3.63, 3.8) is 0 Å². The summed E-state index contributed by atoms with van der Waals surface area (Å²) < 4.78 is 32.7. The molecule has 10 heteroatoms. The van der Waals surface area contributed by atoms with Crippen molar-refractivity contribution in [1.82, 2.24) is 14.1 Å². The van der Waals surface area contributed by atoms with Gasteiger partial charge in [-0.05, 0) is 40.1 Å². The van der Waals surface area contributed by atoms with Crippen LogP contribution in [0, 0.1) is 11.3 Å². The molecule has 1 aliphatic heterocycles. The van der Waals surface area contributed by atoms with Crippen LogP contribution in [0.3, 0.4) is 0 Å². The van der Waals surface area contributed by atoms with Crippen molar-refractivity contribution >= 4 is 23.0 Å². The molecule has 26 heavy (non-hydrogen) atoms. The number of aliphatic hydroxyl groups is 1. The van der Waals surface area contributed by atoms with E-state index >= 15 is 0 Å². The minimum atomic E-state index is -3.28. The van der Waals surface area contributed by atoms with E-state index in [1.165, 1.54) is 11.8 Å². The summed E-state index contributed by atoms with van der Waals surface area (Å²) in [7, 11) is -1.76. The van der Waals surface area contributed by atoms with Crippen molar-refractivity contribution in [3.05, 3.63) is 12.4 Å². The fraction of sp³-hybridized carbons (Fsp3) is 0.750. The van der Waals surface area contributed by atoms with Crippen LogP contribution in [-0.4, -0.2) is 65.1 Å². The summed E-state index contributed by atoms with van der Waals surface area (Å²) in [6.07, 6.45) is 3.49. The Morgan fingerprint density at radius 1 is 1.42 bits per heavy atom. The number of aromatic nitrogens is 2. The predicted octanol–water partition coefficient (Wildman–Crippen LogP) is -0.0320. The van der Waals surface area contributed by atoms with Crippen molar-refractivity contribution in [2.75, 3.05) is 18.8 Å². The molecule has 2 heterocycles. The molecular formula is C16H26BN4O4S. The van der Waals surface area contributed by atoms with Crippen molar-refractivity contribution in [2.45, 2.75) is 57.8 Å². The highest BCUT2D eigenvalue weighted by Gasteiger charge is 2.49. The summed E-state index contributed by atoms with van der Waals surface area (Å²) in [4.78, 5) is 0. The first-order valence-electron chi connectivity index (χ1n) is 8.50. The summed E-state index contributed by atoms with van der Waals surface area (Å²) >= 11 is 0. The van der Waals surface area contributed by atoms with Crippen LogP contribution in [0.25, 0.3) is 0 Å². The van der Waals surface area contributed by atoms with E-state index in [1.807, 2.05) is 0 Å². The Morgan fingerprint density at radius 3 is 2.54 bits per heavy atom. The lowest BCUT2D eigenvalue weighted by Gasteiger charge is -2.47. The summed E-state index contributed by atoms with van der Waals surface area (Å²) in [5.41, 5.74) is -1.82. The van der Waals surface area contributed by atoms with Crippen molar-refractivity contribution in [3.8, 4) is 6.07 Å². The maximum Gasteiger partial charge on any atom is 0.334 e. The Labute approximate surface area is 156 Å². The second-order valence-electron chi connectivity index (χ2n) is 7.75. The molecule has 0 atom stereocenters. The first-order chi connectivity index (χ1) is 11.9. The smallest absolute Gasteiger partial charge is 0.334 e. The third kappa shape index (κ3) is 3.96. The molecule has 1 aliphatic rings. The zero-order chi connectivity index (χ0) is 19.8. The fourth-order valence-corrected chi connectivity index (χ4v) is 3.73. The first kappa shape index (κ1) is 20.9. The van der Waals surface area contributed by atoms with Crippen LogP contribution in [0.4, 0.5) is 0 Å². The molecule has 1 fully saturated rings. The molecule has 2 rings (SSSR count). The Bertz CT molecular complexity index is 786. The van der Waals surface area contributed by atoms with E-state index < -0.39 is 26.8 Å². The fourth-order valence-electron chi connectivity index (χ4n) is 2.49. The van der Waals surface area contributed by atoms with Crippen LogP contribution in [0.5, 0.6) is 0 Å². The lowest BCUT2D eigenvalue weighted by Crippen LogP contribution is -2.64. The van der Waals surface area contributed by atoms with E-state index in [1.54, 1.807) is 51.7 Å². The average molecular weight is 381 g/mol. The van der Waals surface area contributed by atoms with Gasteiger partial charge in [-0.15, -0.1) is 0 Å². The van der Waals surface area contributed by atoms with Gasteiger partial charge in [-0.1, -0.05) is 0 Å². The molecule has 1 saturated heterocycles. The van der Waals surface area contributed by atoms with Crippen LogP contribution in [0.1, 0.15) is 41.0 Å². The molecule has 0 saturated carbocycles. The molecule has 143 valence electrons. The van der Waals surface area contributed by atoms with Crippen LogP contribution >= 0.6 is 0 Å². The maximum absolute atomic E-state index is 12.0. The molecule has 0 bridgehead atoms. The van der Waals surface area contributed by atoms with Crippen molar-refractivity contribution in [1.29, 1.82) is 5.26 Å². The first-order valence-corrected chi connectivity index (χ1v) is 10.1. The van der Waals surface area contributed by atoms with Crippen LogP contribution in [0.15, 0.2) is 12.4 Å². The highest BCUT2D eigenvalue weighted by Crippen LogP contribution is 2.33. The predicted molar refractivity (Wildman–Crippen MR) is 98.3 cm³/mol. The van der Waals surface area contributed by atoms with E-state index in [-0.39, 0.29) is 25.3 Å². The molecule has 1 aromatic rings. The molecule has 8 nitrogen and oxygen atoms in total. The topological polar surface area (TPSA) is 108 Å². The van der Waals surface area contributed by atoms with Gasteiger partial charge in [-0.2, -0.15) is 14.7 Å². The quantitative estimate of drug-likeness (QED) is 0.634. The third-order valence-electron chi connectivity index (χ3n) is 5.16. The van der Waals surface area contributed by atoms with Gasteiger partial charge in [0.1, 0.15) is 5.54 Å². The lowest BCUT2D eigenvalue weighted by atomic mass is 9.84. The van der Waals surface area contributed by atoms with Gasteiger partial charge in [0.25, 0.3) is 0 Å². The lowest BCUT2D eigenvalue weighted by molar-refractivity contribution is -0.0893. The molecule has 1 aromatic heterocycles. The maximum atomic E-state index is 12.0. The standard InChI is InChI=1S/C16H26BN4O4S/c1-6-26(23,24)20-11-16(12-20,7-8-18)21-10-13(9-19-21)17-25-15(4,5)14(2,3)22/h9-10,22H,6-7,11-12H2,1-5H3. The Hall–Kier alpha value is -1.41. The highest BCUT2D eigenvalue weighted by molar-refractivity contribution is 7.89. The zero-order valence-electron chi connectivity index (χ0n) is 15.9.